The van der Waals surface area contributed by atoms with Gasteiger partial charge in [-0.15, -0.1) is 5.10 Å². The van der Waals surface area contributed by atoms with Crippen LogP contribution in [0, 0.1) is 0 Å². The zero-order chi connectivity index (χ0) is 20.2. The Labute approximate surface area is 166 Å². The fraction of sp³-hybridized carbons (Fsp3) is 0.190. The van der Waals surface area contributed by atoms with E-state index in [2.05, 4.69) is 27.4 Å². The van der Waals surface area contributed by atoms with Crippen molar-refractivity contribution >= 4 is 22.7 Å². The molecule has 2 aromatic heterocycles. The van der Waals surface area contributed by atoms with Crippen LogP contribution in [-0.2, 0) is 22.5 Å². The number of carbonyl (C=O) groups is 2. The van der Waals surface area contributed by atoms with Gasteiger partial charge in [0.15, 0.2) is 6.10 Å². The van der Waals surface area contributed by atoms with Gasteiger partial charge in [-0.1, -0.05) is 55.5 Å². The van der Waals surface area contributed by atoms with Crippen molar-refractivity contribution in [1.82, 2.24) is 25.2 Å². The summed E-state index contributed by atoms with van der Waals surface area (Å²) in [5.41, 5.74) is 3.13. The average Bonchev–Trinajstić information content (AvgIpc) is 3.41. The Morgan fingerprint density at radius 2 is 1.97 bits per heavy atom. The predicted octanol–water partition coefficient (Wildman–Crippen LogP) is 2.88. The van der Waals surface area contributed by atoms with E-state index >= 15 is 0 Å². The zero-order valence-corrected chi connectivity index (χ0v) is 15.8. The number of carbonyl (C=O) groups excluding carboxylic acids is 2. The van der Waals surface area contributed by atoms with Crippen molar-refractivity contribution in [3.8, 4) is 0 Å². The normalized spacial score (nSPS) is 12.0. The largest absolute Gasteiger partial charge is 0.448 e. The van der Waals surface area contributed by atoms with E-state index in [1.54, 1.807) is 30.5 Å². The Hall–Kier alpha value is -3.81. The van der Waals surface area contributed by atoms with Crippen LogP contribution in [0.1, 0.15) is 34.5 Å². The van der Waals surface area contributed by atoms with E-state index in [9.17, 15) is 9.59 Å². The second kappa shape index (κ2) is 8.05. The number of Topliss-reactive ketones (excluding diaryl/α,β-unsaturated/α-hetero) is 1. The first kappa shape index (κ1) is 18.5. The molecule has 0 aliphatic carbocycles. The fourth-order valence-corrected chi connectivity index (χ4v) is 3.31. The lowest BCUT2D eigenvalue weighted by Crippen LogP contribution is -2.23. The van der Waals surface area contributed by atoms with Gasteiger partial charge in [0.05, 0.1) is 0 Å². The molecular weight excluding hydrogens is 370 g/mol. The minimum atomic E-state index is -1.07. The summed E-state index contributed by atoms with van der Waals surface area (Å²) in [5, 5.41) is 11.5. The summed E-state index contributed by atoms with van der Waals surface area (Å²) in [5.74, 6) is -0.894. The molecule has 0 fully saturated rings. The first-order valence-corrected chi connectivity index (χ1v) is 9.25. The van der Waals surface area contributed by atoms with Gasteiger partial charge in [-0.2, -0.15) is 0 Å². The van der Waals surface area contributed by atoms with Gasteiger partial charge < -0.3 is 9.72 Å². The second-order valence-corrected chi connectivity index (χ2v) is 6.55. The number of H-pyrrole nitrogens is 1. The fourth-order valence-electron chi connectivity index (χ4n) is 3.31. The number of hydrogen-bond donors (Lipinski definition) is 1. The molecule has 4 rings (SSSR count). The number of ketones is 1. The van der Waals surface area contributed by atoms with Crippen molar-refractivity contribution in [1.29, 1.82) is 0 Å². The number of rotatable bonds is 7. The third-order valence-electron chi connectivity index (χ3n) is 4.72. The Morgan fingerprint density at radius 1 is 1.14 bits per heavy atom. The van der Waals surface area contributed by atoms with Crippen molar-refractivity contribution < 1.29 is 14.3 Å². The minimum Gasteiger partial charge on any atom is -0.448 e. The third-order valence-corrected chi connectivity index (χ3v) is 4.72. The molecule has 0 aliphatic heterocycles. The Kier molecular flexibility index (Phi) is 5.15. The van der Waals surface area contributed by atoms with E-state index in [0.717, 1.165) is 22.9 Å². The molecule has 29 heavy (non-hydrogen) atoms. The smallest absolute Gasteiger partial charge is 0.328 e. The number of fused-ring (bicyclic) bond motifs is 1. The Morgan fingerprint density at radius 3 is 2.69 bits per heavy atom. The monoisotopic (exact) mass is 389 g/mol. The van der Waals surface area contributed by atoms with Gasteiger partial charge in [-0.25, -0.2) is 4.68 Å². The lowest BCUT2D eigenvalue weighted by atomic mass is 9.98. The van der Waals surface area contributed by atoms with Gasteiger partial charge in [0, 0.05) is 28.2 Å². The van der Waals surface area contributed by atoms with E-state index in [-0.39, 0.29) is 12.3 Å². The van der Waals surface area contributed by atoms with E-state index < -0.39 is 12.1 Å². The molecule has 2 heterocycles. The standard InChI is InChI=1S/C21H19N5O3/c1-2-14-9-6-10-16-17(11-22-19(14)16)20(28)21(15-7-4-3-5-8-15)29-18(27)12-26-13-23-24-25-26/h3-11,13,21-22H,2,12H2,1H3/t21-/m0/s1. The molecule has 4 aromatic rings. The van der Waals surface area contributed by atoms with Crippen molar-refractivity contribution in [2.75, 3.05) is 0 Å². The molecule has 8 heteroatoms. The second-order valence-electron chi connectivity index (χ2n) is 6.55. The summed E-state index contributed by atoms with van der Waals surface area (Å²) in [6.45, 7) is 1.88. The Balaban J connectivity index is 1.68. The molecule has 8 nitrogen and oxygen atoms in total. The van der Waals surface area contributed by atoms with Crippen LogP contribution in [0.3, 0.4) is 0 Å². The van der Waals surface area contributed by atoms with Crippen LogP contribution in [0.15, 0.2) is 61.1 Å². The molecule has 0 saturated carbocycles. The van der Waals surface area contributed by atoms with Crippen LogP contribution in [-0.4, -0.2) is 36.9 Å². The molecule has 1 atom stereocenters. The lowest BCUT2D eigenvalue weighted by Gasteiger charge is -2.17. The number of nitrogens with one attached hydrogen (secondary N) is 1. The number of nitrogens with zero attached hydrogens (tertiary/aromatic N) is 4. The molecular formula is C21H19N5O3. The Bertz CT molecular complexity index is 1140. The number of tetrazole rings is 1. The maximum absolute atomic E-state index is 13.4. The van der Waals surface area contributed by atoms with E-state index in [1.165, 1.54) is 11.0 Å². The SMILES string of the molecule is CCc1cccc2c(C(=O)[C@@H](OC(=O)Cn3cnnn3)c3ccccc3)c[nH]c12. The summed E-state index contributed by atoms with van der Waals surface area (Å²) in [6, 6.07) is 14.8. The highest BCUT2D eigenvalue weighted by Gasteiger charge is 2.28. The first-order valence-electron chi connectivity index (χ1n) is 9.25. The maximum atomic E-state index is 13.4. The van der Waals surface area contributed by atoms with Crippen LogP contribution in [0.4, 0.5) is 0 Å². The minimum absolute atomic E-state index is 0.183. The lowest BCUT2D eigenvalue weighted by molar-refractivity contribution is -0.148. The highest BCUT2D eigenvalue weighted by atomic mass is 16.5. The van der Waals surface area contributed by atoms with Crippen LogP contribution in [0.5, 0.6) is 0 Å². The summed E-state index contributed by atoms with van der Waals surface area (Å²) in [6.07, 6.45) is 2.77. The molecule has 0 radical (unpaired) electrons. The molecule has 0 spiro atoms. The van der Waals surface area contributed by atoms with Crippen molar-refractivity contribution in [3.05, 3.63) is 77.7 Å². The van der Waals surface area contributed by atoms with Crippen LogP contribution >= 0.6 is 0 Å². The van der Waals surface area contributed by atoms with Crippen LogP contribution < -0.4 is 0 Å². The molecule has 0 saturated heterocycles. The summed E-state index contributed by atoms with van der Waals surface area (Å²) >= 11 is 0. The van der Waals surface area contributed by atoms with Gasteiger partial charge in [0.2, 0.25) is 5.78 Å². The average molecular weight is 389 g/mol. The number of aryl methyl sites for hydroxylation is 1. The number of aromatic amines is 1. The number of ether oxygens (including phenoxy) is 1. The molecule has 1 N–H and O–H groups in total. The number of aromatic nitrogens is 5. The maximum Gasteiger partial charge on any atom is 0.328 e. The predicted molar refractivity (Wildman–Crippen MR) is 105 cm³/mol. The van der Waals surface area contributed by atoms with Gasteiger partial charge in [-0.05, 0) is 22.4 Å². The number of esters is 1. The highest BCUT2D eigenvalue weighted by Crippen LogP contribution is 2.29. The van der Waals surface area contributed by atoms with Gasteiger partial charge in [-0.3, -0.25) is 9.59 Å². The molecule has 0 unspecified atom stereocenters. The molecule has 2 aromatic carbocycles. The topological polar surface area (TPSA) is 103 Å². The summed E-state index contributed by atoms with van der Waals surface area (Å²) in [7, 11) is 0. The zero-order valence-electron chi connectivity index (χ0n) is 15.8. The van der Waals surface area contributed by atoms with E-state index in [0.29, 0.717) is 11.1 Å². The van der Waals surface area contributed by atoms with Crippen molar-refractivity contribution in [3.63, 3.8) is 0 Å². The molecule has 146 valence electrons. The quantitative estimate of drug-likeness (QED) is 0.385. The van der Waals surface area contributed by atoms with Crippen LogP contribution in [0.2, 0.25) is 0 Å². The number of hydrogen-bond acceptors (Lipinski definition) is 6. The van der Waals surface area contributed by atoms with E-state index in [1.807, 2.05) is 24.3 Å². The highest BCUT2D eigenvalue weighted by molar-refractivity contribution is 6.11. The third kappa shape index (κ3) is 3.77. The number of para-hydroxylation sites is 1. The summed E-state index contributed by atoms with van der Waals surface area (Å²) < 4.78 is 6.83. The molecule has 0 amide bonds. The van der Waals surface area contributed by atoms with E-state index in [4.69, 9.17) is 4.74 Å². The summed E-state index contributed by atoms with van der Waals surface area (Å²) in [4.78, 5) is 29.0. The van der Waals surface area contributed by atoms with Crippen molar-refractivity contribution in [2.24, 2.45) is 0 Å². The van der Waals surface area contributed by atoms with Gasteiger partial charge in [0.1, 0.15) is 12.9 Å². The van der Waals surface area contributed by atoms with Gasteiger partial charge >= 0.3 is 5.97 Å². The molecule has 0 bridgehead atoms. The molecule has 0 aliphatic rings. The van der Waals surface area contributed by atoms with Crippen molar-refractivity contribution in [2.45, 2.75) is 26.0 Å². The number of benzene rings is 2. The van der Waals surface area contributed by atoms with Gasteiger partial charge in [0.25, 0.3) is 0 Å². The first-order chi connectivity index (χ1) is 14.2. The van der Waals surface area contributed by atoms with Crippen LogP contribution in [0.25, 0.3) is 10.9 Å².